The Labute approximate surface area is 156 Å². The molecule has 0 aliphatic heterocycles. The van der Waals surface area contributed by atoms with Gasteiger partial charge in [0.15, 0.2) is 0 Å². The zero-order valence-electron chi connectivity index (χ0n) is 12.6. The highest BCUT2D eigenvalue weighted by Crippen LogP contribution is 2.39. The van der Waals surface area contributed by atoms with E-state index in [9.17, 15) is 0 Å². The molecule has 3 aromatic heterocycles. The van der Waals surface area contributed by atoms with Crippen LogP contribution in [0.5, 0.6) is 0 Å². The first-order chi connectivity index (χ1) is 11.7. The van der Waals surface area contributed by atoms with Crippen LogP contribution in [0.25, 0.3) is 21.3 Å². The molecule has 4 aromatic rings. The Hall–Kier alpha value is -1.54. The molecule has 0 atom stereocenters. The number of aromatic nitrogens is 4. The summed E-state index contributed by atoms with van der Waals surface area (Å²) in [6, 6.07) is 8.52. The minimum atomic E-state index is 0.636. The van der Waals surface area contributed by atoms with Crippen molar-refractivity contribution >= 4 is 56.4 Å². The number of aryl methyl sites for hydroxylation is 1. The van der Waals surface area contributed by atoms with E-state index in [1.807, 2.05) is 0 Å². The van der Waals surface area contributed by atoms with Gasteiger partial charge in [-0.2, -0.15) is 0 Å². The predicted molar refractivity (Wildman–Crippen MR) is 102 cm³/mol. The first-order valence-corrected chi connectivity index (χ1v) is 10.1. The SMILES string of the molecule is Cc1ccc(-c2csc3ncnc(SCc4nnsc4Cl)c23)cc1. The molecular formula is C16H11ClN4S3. The summed E-state index contributed by atoms with van der Waals surface area (Å²) in [6.07, 6.45) is 1.61. The summed E-state index contributed by atoms with van der Waals surface area (Å²) >= 11 is 10.6. The van der Waals surface area contributed by atoms with Crippen LogP contribution in [0.3, 0.4) is 0 Å². The highest BCUT2D eigenvalue weighted by molar-refractivity contribution is 7.98. The minimum absolute atomic E-state index is 0.636. The number of fused-ring (bicyclic) bond motifs is 1. The number of benzene rings is 1. The van der Waals surface area contributed by atoms with Gasteiger partial charge in [0, 0.05) is 28.2 Å². The number of hydrogen-bond donors (Lipinski definition) is 0. The molecule has 0 fully saturated rings. The van der Waals surface area contributed by atoms with Crippen molar-refractivity contribution in [3.05, 3.63) is 51.6 Å². The van der Waals surface area contributed by atoms with Crippen molar-refractivity contribution in [2.24, 2.45) is 0 Å². The highest BCUT2D eigenvalue weighted by atomic mass is 35.5. The van der Waals surface area contributed by atoms with Gasteiger partial charge in [0.05, 0.1) is 5.39 Å². The Morgan fingerprint density at radius 3 is 2.75 bits per heavy atom. The fourth-order valence-corrected chi connectivity index (χ4v) is 5.05. The van der Waals surface area contributed by atoms with E-state index in [0.717, 1.165) is 20.9 Å². The average molecular weight is 391 g/mol. The summed E-state index contributed by atoms with van der Waals surface area (Å²) < 4.78 is 4.51. The van der Waals surface area contributed by atoms with Crippen molar-refractivity contribution in [1.29, 1.82) is 0 Å². The molecule has 4 nitrogen and oxygen atoms in total. The molecule has 1 aromatic carbocycles. The van der Waals surface area contributed by atoms with Crippen LogP contribution in [0, 0.1) is 6.92 Å². The van der Waals surface area contributed by atoms with Crippen LogP contribution in [-0.2, 0) is 5.75 Å². The Morgan fingerprint density at radius 1 is 1.17 bits per heavy atom. The summed E-state index contributed by atoms with van der Waals surface area (Å²) in [5.41, 5.74) is 4.39. The summed E-state index contributed by atoms with van der Waals surface area (Å²) in [7, 11) is 0. The van der Waals surface area contributed by atoms with Gasteiger partial charge in [-0.3, -0.25) is 0 Å². The van der Waals surface area contributed by atoms with E-state index in [-0.39, 0.29) is 0 Å². The van der Waals surface area contributed by atoms with E-state index in [4.69, 9.17) is 11.6 Å². The number of hydrogen-bond acceptors (Lipinski definition) is 7. The molecule has 3 heterocycles. The second-order valence-electron chi connectivity index (χ2n) is 5.16. The summed E-state index contributed by atoms with van der Waals surface area (Å²) in [4.78, 5) is 9.88. The average Bonchev–Trinajstić information content (AvgIpc) is 3.20. The maximum Gasteiger partial charge on any atom is 0.138 e. The third-order valence-corrected chi connectivity index (χ3v) is 6.42. The largest absolute Gasteiger partial charge is 0.229 e. The van der Waals surface area contributed by atoms with Crippen LogP contribution < -0.4 is 0 Å². The highest BCUT2D eigenvalue weighted by Gasteiger charge is 2.15. The molecule has 0 radical (unpaired) electrons. The first-order valence-electron chi connectivity index (χ1n) is 7.11. The van der Waals surface area contributed by atoms with Gasteiger partial charge in [-0.1, -0.05) is 57.7 Å². The molecule has 0 aliphatic carbocycles. The molecule has 24 heavy (non-hydrogen) atoms. The zero-order chi connectivity index (χ0) is 16.5. The monoisotopic (exact) mass is 390 g/mol. The maximum atomic E-state index is 6.09. The number of thioether (sulfide) groups is 1. The van der Waals surface area contributed by atoms with Crippen LogP contribution in [0.1, 0.15) is 11.3 Å². The molecule has 0 unspecified atom stereocenters. The zero-order valence-corrected chi connectivity index (χ0v) is 15.8. The third kappa shape index (κ3) is 3.04. The van der Waals surface area contributed by atoms with Crippen molar-refractivity contribution < 1.29 is 0 Å². The summed E-state index contributed by atoms with van der Waals surface area (Å²) in [6.45, 7) is 2.09. The molecule has 0 spiro atoms. The van der Waals surface area contributed by atoms with Gasteiger partial charge >= 0.3 is 0 Å². The van der Waals surface area contributed by atoms with E-state index in [0.29, 0.717) is 10.1 Å². The van der Waals surface area contributed by atoms with Gasteiger partial charge in [-0.05, 0) is 12.5 Å². The third-order valence-electron chi connectivity index (χ3n) is 3.55. The van der Waals surface area contributed by atoms with Crippen molar-refractivity contribution in [3.8, 4) is 11.1 Å². The quantitative estimate of drug-likeness (QED) is 0.342. The molecule has 0 bridgehead atoms. The van der Waals surface area contributed by atoms with Gasteiger partial charge in [0.25, 0.3) is 0 Å². The van der Waals surface area contributed by atoms with E-state index in [1.165, 1.54) is 28.2 Å². The van der Waals surface area contributed by atoms with Gasteiger partial charge in [-0.25, -0.2) is 9.97 Å². The number of thiophene rings is 1. The smallest absolute Gasteiger partial charge is 0.138 e. The van der Waals surface area contributed by atoms with Crippen molar-refractivity contribution in [3.63, 3.8) is 0 Å². The van der Waals surface area contributed by atoms with Crippen LogP contribution in [0.2, 0.25) is 4.34 Å². The van der Waals surface area contributed by atoms with Gasteiger partial charge in [0.1, 0.15) is 26.2 Å². The van der Waals surface area contributed by atoms with E-state index < -0.39 is 0 Å². The van der Waals surface area contributed by atoms with Gasteiger partial charge in [-0.15, -0.1) is 16.4 Å². The molecular weight excluding hydrogens is 380 g/mol. The lowest BCUT2D eigenvalue weighted by Crippen LogP contribution is -1.88. The number of halogens is 1. The summed E-state index contributed by atoms with van der Waals surface area (Å²) in [5.74, 6) is 0.643. The summed E-state index contributed by atoms with van der Waals surface area (Å²) in [5, 5.41) is 8.25. The topological polar surface area (TPSA) is 51.6 Å². The van der Waals surface area contributed by atoms with Crippen LogP contribution >= 0.6 is 46.2 Å². The van der Waals surface area contributed by atoms with E-state index >= 15 is 0 Å². The predicted octanol–water partition coefficient (Wildman–Crippen LogP) is 5.46. The maximum absolute atomic E-state index is 6.09. The molecule has 0 saturated heterocycles. The molecule has 0 saturated carbocycles. The fourth-order valence-electron chi connectivity index (χ4n) is 2.32. The standard InChI is InChI=1S/C16H11ClN4S3/c1-9-2-4-10(5-3-9)11-6-22-15-13(11)16(19-8-18-15)23-7-12-14(17)24-21-20-12/h2-6,8H,7H2,1H3. The lowest BCUT2D eigenvalue weighted by atomic mass is 10.1. The van der Waals surface area contributed by atoms with Crippen molar-refractivity contribution in [2.45, 2.75) is 17.7 Å². The normalized spacial score (nSPS) is 11.2. The van der Waals surface area contributed by atoms with Crippen molar-refractivity contribution in [2.75, 3.05) is 0 Å². The fraction of sp³-hybridized carbons (Fsp3) is 0.125. The Balaban J connectivity index is 1.74. The molecule has 8 heteroatoms. The van der Waals surface area contributed by atoms with E-state index in [2.05, 4.69) is 56.1 Å². The number of nitrogens with zero attached hydrogens (tertiary/aromatic N) is 4. The molecule has 0 amide bonds. The van der Waals surface area contributed by atoms with Crippen LogP contribution in [0.15, 0.2) is 41.0 Å². The second-order valence-corrected chi connectivity index (χ2v) is 8.33. The second kappa shape index (κ2) is 6.76. The van der Waals surface area contributed by atoms with Crippen molar-refractivity contribution in [1.82, 2.24) is 19.6 Å². The molecule has 4 rings (SSSR count). The lowest BCUT2D eigenvalue weighted by molar-refractivity contribution is 1.06. The Bertz CT molecular complexity index is 994. The van der Waals surface area contributed by atoms with Gasteiger partial charge < -0.3 is 0 Å². The molecule has 120 valence electrons. The molecule has 0 N–H and O–H groups in total. The lowest BCUT2D eigenvalue weighted by Gasteiger charge is -2.05. The minimum Gasteiger partial charge on any atom is -0.229 e. The Kier molecular flexibility index (Phi) is 4.49. The van der Waals surface area contributed by atoms with Crippen LogP contribution in [-0.4, -0.2) is 19.6 Å². The molecule has 0 aliphatic rings. The Morgan fingerprint density at radius 2 is 2.00 bits per heavy atom. The van der Waals surface area contributed by atoms with Crippen LogP contribution in [0.4, 0.5) is 0 Å². The first kappa shape index (κ1) is 16.0. The van der Waals surface area contributed by atoms with E-state index in [1.54, 1.807) is 29.4 Å². The number of rotatable bonds is 4. The van der Waals surface area contributed by atoms with Gasteiger partial charge in [0.2, 0.25) is 0 Å².